The maximum atomic E-state index is 5.18. The number of nitrogens with zero attached hydrogens (tertiary/aromatic N) is 2. The molecule has 2 aliphatic carbocycles. The van der Waals surface area contributed by atoms with Crippen molar-refractivity contribution in [3.8, 4) is 0 Å². The van der Waals surface area contributed by atoms with Crippen LogP contribution in [0.3, 0.4) is 0 Å². The Labute approximate surface area is 94.0 Å². The van der Waals surface area contributed by atoms with Crippen molar-refractivity contribution in [2.75, 3.05) is 7.11 Å². The normalized spacial score (nSPS) is 19.9. The number of hydrogen-bond acceptors (Lipinski definition) is 2. The molecule has 0 saturated carbocycles. The third-order valence-corrected chi connectivity index (χ3v) is 3.23. The molecule has 0 fully saturated rings. The summed E-state index contributed by atoms with van der Waals surface area (Å²) in [6.45, 7) is 4.44. The van der Waals surface area contributed by atoms with E-state index < -0.39 is 0 Å². The molecule has 0 saturated heterocycles. The standard InChI is InChI=1S/C13H14N2O/c1-13(2)6-4-5-9-7-11-10(12(9)13)8-14-15(11)16-3/h4-8H,1-3H3. The molecule has 2 aliphatic rings. The zero-order chi connectivity index (χ0) is 11.3. The number of rotatable bonds is 1. The van der Waals surface area contributed by atoms with Gasteiger partial charge in [0.2, 0.25) is 0 Å². The van der Waals surface area contributed by atoms with Crippen molar-refractivity contribution in [3.63, 3.8) is 0 Å². The monoisotopic (exact) mass is 214 g/mol. The minimum atomic E-state index is 0.0629. The molecule has 0 bridgehead atoms. The van der Waals surface area contributed by atoms with Gasteiger partial charge in [-0.3, -0.25) is 0 Å². The van der Waals surface area contributed by atoms with Gasteiger partial charge in [-0.15, -0.1) is 5.10 Å². The highest BCUT2D eigenvalue weighted by Gasteiger charge is 2.29. The second-order valence-corrected chi connectivity index (χ2v) is 4.72. The topological polar surface area (TPSA) is 27.1 Å². The predicted molar refractivity (Wildman–Crippen MR) is 62.9 cm³/mol. The van der Waals surface area contributed by atoms with Crippen LogP contribution in [-0.2, 0) is 0 Å². The smallest absolute Gasteiger partial charge is 0.111 e. The molecule has 1 aromatic heterocycles. The lowest BCUT2D eigenvalue weighted by atomic mass is 9.77. The lowest BCUT2D eigenvalue weighted by Crippen LogP contribution is -2.32. The molecule has 0 spiro atoms. The highest BCUT2D eigenvalue weighted by molar-refractivity contribution is 5.86. The van der Waals surface area contributed by atoms with Crippen LogP contribution in [0.4, 0.5) is 0 Å². The average molecular weight is 214 g/mol. The summed E-state index contributed by atoms with van der Waals surface area (Å²) in [5.74, 6) is 0. The van der Waals surface area contributed by atoms with E-state index >= 15 is 0 Å². The molecule has 0 radical (unpaired) electrons. The van der Waals surface area contributed by atoms with Gasteiger partial charge in [0.15, 0.2) is 0 Å². The molecule has 0 unspecified atom stereocenters. The van der Waals surface area contributed by atoms with Crippen molar-refractivity contribution in [2.24, 2.45) is 5.41 Å². The number of hydrogen-bond donors (Lipinski definition) is 0. The highest BCUT2D eigenvalue weighted by atomic mass is 16.7. The maximum Gasteiger partial charge on any atom is 0.111 e. The Hall–Kier alpha value is -1.77. The van der Waals surface area contributed by atoms with Gasteiger partial charge in [0.25, 0.3) is 0 Å². The molecule has 0 amide bonds. The molecule has 1 heterocycles. The third-order valence-electron chi connectivity index (χ3n) is 3.23. The van der Waals surface area contributed by atoms with E-state index in [1.165, 1.54) is 16.4 Å². The van der Waals surface area contributed by atoms with Crippen LogP contribution in [0.15, 0.2) is 30.0 Å². The Kier molecular flexibility index (Phi) is 1.70. The number of allylic oxidation sites excluding steroid dienone is 4. The van der Waals surface area contributed by atoms with Crippen LogP contribution in [0.2, 0.25) is 0 Å². The lowest BCUT2D eigenvalue weighted by Gasteiger charge is -2.26. The second-order valence-electron chi connectivity index (χ2n) is 4.72. The summed E-state index contributed by atoms with van der Waals surface area (Å²) in [7, 11) is 1.63. The minimum absolute atomic E-state index is 0.0629. The van der Waals surface area contributed by atoms with Crippen LogP contribution < -0.4 is 15.4 Å². The molecule has 0 atom stereocenters. The van der Waals surface area contributed by atoms with Crippen molar-refractivity contribution < 1.29 is 4.84 Å². The lowest BCUT2D eigenvalue weighted by molar-refractivity contribution is 0.126. The summed E-state index contributed by atoms with van der Waals surface area (Å²) in [5.41, 5.74) is 2.67. The predicted octanol–water partition coefficient (Wildman–Crippen LogP) is 0.409. The van der Waals surface area contributed by atoms with Gasteiger partial charge in [0, 0.05) is 10.6 Å². The van der Waals surface area contributed by atoms with Crippen molar-refractivity contribution in [3.05, 3.63) is 40.6 Å². The first-order valence-electron chi connectivity index (χ1n) is 5.38. The van der Waals surface area contributed by atoms with Gasteiger partial charge in [-0.25, -0.2) is 0 Å². The van der Waals surface area contributed by atoms with Crippen molar-refractivity contribution in [1.29, 1.82) is 0 Å². The van der Waals surface area contributed by atoms with Gasteiger partial charge in [-0.2, -0.15) is 0 Å². The zero-order valence-corrected chi connectivity index (χ0v) is 9.69. The number of fused-ring (bicyclic) bond motifs is 2. The Bertz CT molecular complexity index is 629. The van der Waals surface area contributed by atoms with Crippen molar-refractivity contribution in [2.45, 2.75) is 13.8 Å². The zero-order valence-electron chi connectivity index (χ0n) is 9.69. The quantitative estimate of drug-likeness (QED) is 0.677. The first-order chi connectivity index (χ1) is 7.63. The fourth-order valence-corrected chi connectivity index (χ4v) is 2.51. The fraction of sp³-hybridized carbons (Fsp3) is 0.308. The summed E-state index contributed by atoms with van der Waals surface area (Å²) >= 11 is 0. The van der Waals surface area contributed by atoms with Gasteiger partial charge in [-0.1, -0.05) is 36.9 Å². The Morgan fingerprint density at radius 1 is 1.38 bits per heavy atom. The molecule has 3 nitrogen and oxygen atoms in total. The van der Waals surface area contributed by atoms with Gasteiger partial charge in [-0.05, 0) is 17.2 Å². The van der Waals surface area contributed by atoms with E-state index in [0.717, 1.165) is 5.35 Å². The summed E-state index contributed by atoms with van der Waals surface area (Å²) < 4.78 is 0. The minimum Gasteiger partial charge on any atom is -0.400 e. The van der Waals surface area contributed by atoms with Crippen LogP contribution in [0, 0.1) is 5.41 Å². The Morgan fingerprint density at radius 2 is 2.19 bits per heavy atom. The third kappa shape index (κ3) is 1.06. The van der Waals surface area contributed by atoms with Gasteiger partial charge in [0.05, 0.1) is 6.20 Å². The van der Waals surface area contributed by atoms with Crippen LogP contribution in [-0.4, -0.2) is 17.1 Å². The SMILES string of the molecule is COn1ncc2c1=CC1=CC=CC(C)(C)C=21. The molecule has 3 rings (SSSR count). The van der Waals surface area contributed by atoms with E-state index in [2.05, 4.69) is 43.3 Å². The molecular formula is C13H14N2O. The van der Waals surface area contributed by atoms with E-state index in [-0.39, 0.29) is 5.41 Å². The number of aromatic nitrogens is 2. The van der Waals surface area contributed by atoms with Crippen molar-refractivity contribution in [1.82, 2.24) is 9.94 Å². The van der Waals surface area contributed by atoms with E-state index in [1.54, 1.807) is 12.0 Å². The molecule has 0 N–H and O–H groups in total. The molecule has 1 aromatic rings. The first-order valence-corrected chi connectivity index (χ1v) is 5.38. The largest absolute Gasteiger partial charge is 0.400 e. The van der Waals surface area contributed by atoms with Gasteiger partial charge >= 0.3 is 0 Å². The van der Waals surface area contributed by atoms with Gasteiger partial charge in [0.1, 0.15) is 12.5 Å². The summed E-state index contributed by atoms with van der Waals surface area (Å²) in [6.07, 6.45) is 10.5. The summed E-state index contributed by atoms with van der Waals surface area (Å²) in [4.78, 5) is 6.75. The van der Waals surface area contributed by atoms with Crippen LogP contribution in [0.25, 0.3) is 11.6 Å². The molecular weight excluding hydrogens is 200 g/mol. The van der Waals surface area contributed by atoms with Crippen molar-refractivity contribution >= 4 is 11.6 Å². The second kappa shape index (κ2) is 2.88. The van der Waals surface area contributed by atoms with E-state index in [9.17, 15) is 0 Å². The molecule has 0 aliphatic heterocycles. The summed E-state index contributed by atoms with van der Waals surface area (Å²) in [6, 6.07) is 0. The molecule has 16 heavy (non-hydrogen) atoms. The maximum absolute atomic E-state index is 5.18. The van der Waals surface area contributed by atoms with Crippen LogP contribution in [0.1, 0.15) is 13.8 Å². The van der Waals surface area contributed by atoms with E-state index in [0.29, 0.717) is 0 Å². The Morgan fingerprint density at radius 3 is 2.94 bits per heavy atom. The fourth-order valence-electron chi connectivity index (χ4n) is 2.51. The van der Waals surface area contributed by atoms with Gasteiger partial charge < -0.3 is 4.84 Å². The van der Waals surface area contributed by atoms with Crippen LogP contribution in [0.5, 0.6) is 0 Å². The van der Waals surface area contributed by atoms with Crippen LogP contribution >= 0.6 is 0 Å². The van der Waals surface area contributed by atoms with E-state index in [4.69, 9.17) is 4.84 Å². The first kappa shape index (κ1) is 9.46. The molecule has 3 heteroatoms. The highest BCUT2D eigenvalue weighted by Crippen LogP contribution is 2.38. The van der Waals surface area contributed by atoms with E-state index in [1.807, 2.05) is 6.20 Å². The Balaban J connectivity index is 2.40. The summed E-state index contributed by atoms with van der Waals surface area (Å²) in [5, 5.41) is 6.43. The average Bonchev–Trinajstić information content (AvgIpc) is 2.74. The molecule has 82 valence electrons. The molecule has 0 aromatic carbocycles.